The number of oxazole rings is 1. The van der Waals surface area contributed by atoms with Crippen LogP contribution in [0.25, 0.3) is 11.3 Å². The Labute approximate surface area is 116 Å². The van der Waals surface area contributed by atoms with Crippen LogP contribution < -0.4 is 5.32 Å². The van der Waals surface area contributed by atoms with Crippen LogP contribution in [-0.2, 0) is 6.54 Å². The van der Waals surface area contributed by atoms with E-state index in [1.54, 1.807) is 12.1 Å². The first-order valence-electron chi connectivity index (χ1n) is 6.00. The Kier molecular flexibility index (Phi) is 3.92. The number of hydrogen-bond donors (Lipinski definition) is 1. The van der Waals surface area contributed by atoms with Crippen LogP contribution in [0.3, 0.4) is 0 Å². The summed E-state index contributed by atoms with van der Waals surface area (Å²) in [5, 5.41) is 3.36. The number of rotatable bonds is 3. The van der Waals surface area contributed by atoms with Crippen molar-refractivity contribution in [2.45, 2.75) is 32.9 Å². The predicted octanol–water partition coefficient (Wildman–Crippen LogP) is 4.02. The Bertz CT molecular complexity index is 575. The van der Waals surface area contributed by atoms with Crippen molar-refractivity contribution < 1.29 is 8.81 Å². The highest BCUT2D eigenvalue weighted by Crippen LogP contribution is 2.29. The van der Waals surface area contributed by atoms with Gasteiger partial charge in [-0.3, -0.25) is 0 Å². The highest BCUT2D eigenvalue weighted by Gasteiger charge is 2.18. The molecule has 0 aliphatic carbocycles. The first-order chi connectivity index (χ1) is 8.88. The lowest BCUT2D eigenvalue weighted by Crippen LogP contribution is -2.35. The van der Waals surface area contributed by atoms with Crippen molar-refractivity contribution in [1.29, 1.82) is 0 Å². The average molecular weight is 283 g/mol. The van der Waals surface area contributed by atoms with Gasteiger partial charge in [0.15, 0.2) is 18.0 Å². The molecule has 19 heavy (non-hydrogen) atoms. The first kappa shape index (κ1) is 14.0. The van der Waals surface area contributed by atoms with E-state index in [4.69, 9.17) is 16.0 Å². The lowest BCUT2D eigenvalue weighted by molar-refractivity contribution is 0.421. The van der Waals surface area contributed by atoms with Crippen molar-refractivity contribution in [2.75, 3.05) is 0 Å². The summed E-state index contributed by atoms with van der Waals surface area (Å²) < 4.78 is 19.3. The predicted molar refractivity (Wildman–Crippen MR) is 73.5 cm³/mol. The Hall–Kier alpha value is -1.39. The SMILES string of the molecule is CC(C)(C)NCc1ncoc1-c1cccc(Cl)c1F. The molecule has 0 saturated carbocycles. The fraction of sp³-hybridized carbons (Fsp3) is 0.357. The second-order valence-electron chi connectivity index (χ2n) is 5.33. The van der Waals surface area contributed by atoms with E-state index in [-0.39, 0.29) is 10.6 Å². The van der Waals surface area contributed by atoms with Crippen LogP contribution in [0.4, 0.5) is 4.39 Å². The van der Waals surface area contributed by atoms with Gasteiger partial charge >= 0.3 is 0 Å². The minimum absolute atomic E-state index is 0.0525. The maximum absolute atomic E-state index is 14.0. The highest BCUT2D eigenvalue weighted by molar-refractivity contribution is 6.31. The molecule has 3 nitrogen and oxygen atoms in total. The zero-order chi connectivity index (χ0) is 14.0. The molecule has 1 heterocycles. The van der Waals surface area contributed by atoms with Crippen molar-refractivity contribution in [3.8, 4) is 11.3 Å². The zero-order valence-corrected chi connectivity index (χ0v) is 11.9. The standard InChI is InChI=1S/C14H16ClFN2O/c1-14(2,3)18-7-11-13(19-8-17-11)9-5-4-6-10(15)12(9)16/h4-6,8,18H,7H2,1-3H3. The minimum Gasteiger partial charge on any atom is -0.443 e. The van der Waals surface area contributed by atoms with E-state index in [0.717, 1.165) is 0 Å². The highest BCUT2D eigenvalue weighted by atomic mass is 35.5. The molecular formula is C14H16ClFN2O. The number of aromatic nitrogens is 1. The van der Waals surface area contributed by atoms with Crippen LogP contribution in [0.1, 0.15) is 26.5 Å². The minimum atomic E-state index is -0.488. The zero-order valence-electron chi connectivity index (χ0n) is 11.1. The Morgan fingerprint density at radius 3 is 2.79 bits per heavy atom. The van der Waals surface area contributed by atoms with Crippen molar-refractivity contribution in [1.82, 2.24) is 10.3 Å². The van der Waals surface area contributed by atoms with Gasteiger partial charge in [0.2, 0.25) is 0 Å². The molecule has 102 valence electrons. The molecule has 0 amide bonds. The molecule has 1 aromatic carbocycles. The normalized spacial score (nSPS) is 11.8. The van der Waals surface area contributed by atoms with E-state index in [1.165, 1.54) is 12.5 Å². The van der Waals surface area contributed by atoms with Crippen LogP contribution >= 0.6 is 11.6 Å². The summed E-state index contributed by atoms with van der Waals surface area (Å²) in [5.74, 6) is -0.0744. The van der Waals surface area contributed by atoms with Gasteiger partial charge in [0, 0.05) is 12.1 Å². The van der Waals surface area contributed by atoms with Crippen molar-refractivity contribution in [2.24, 2.45) is 0 Å². The molecular weight excluding hydrogens is 267 g/mol. The lowest BCUT2D eigenvalue weighted by atomic mass is 10.1. The number of hydrogen-bond acceptors (Lipinski definition) is 3. The molecule has 0 radical (unpaired) electrons. The Morgan fingerprint density at radius 1 is 1.37 bits per heavy atom. The molecule has 0 aliphatic heterocycles. The molecule has 0 spiro atoms. The van der Waals surface area contributed by atoms with Crippen molar-refractivity contribution >= 4 is 11.6 Å². The molecule has 0 bridgehead atoms. The molecule has 1 N–H and O–H groups in total. The Morgan fingerprint density at radius 2 is 2.11 bits per heavy atom. The smallest absolute Gasteiger partial charge is 0.181 e. The first-order valence-corrected chi connectivity index (χ1v) is 6.38. The van der Waals surface area contributed by atoms with Crippen LogP contribution in [0, 0.1) is 5.82 Å². The van der Waals surface area contributed by atoms with Gasteiger partial charge in [-0.15, -0.1) is 0 Å². The van der Waals surface area contributed by atoms with Gasteiger partial charge in [-0.2, -0.15) is 0 Å². The van der Waals surface area contributed by atoms with E-state index in [1.807, 2.05) is 20.8 Å². The molecule has 0 aliphatic rings. The summed E-state index contributed by atoms with van der Waals surface area (Å²) >= 11 is 5.78. The summed E-state index contributed by atoms with van der Waals surface area (Å²) in [6.07, 6.45) is 1.31. The van der Waals surface area contributed by atoms with E-state index in [2.05, 4.69) is 10.3 Å². The fourth-order valence-electron chi connectivity index (χ4n) is 1.64. The van der Waals surface area contributed by atoms with Crippen LogP contribution in [0.5, 0.6) is 0 Å². The maximum Gasteiger partial charge on any atom is 0.181 e. The quantitative estimate of drug-likeness (QED) is 0.924. The number of nitrogens with one attached hydrogen (secondary N) is 1. The third kappa shape index (κ3) is 3.33. The summed E-state index contributed by atoms with van der Waals surface area (Å²) in [6, 6.07) is 4.82. The average Bonchev–Trinajstić information content (AvgIpc) is 2.77. The largest absolute Gasteiger partial charge is 0.443 e. The fourth-order valence-corrected chi connectivity index (χ4v) is 1.82. The lowest BCUT2D eigenvalue weighted by Gasteiger charge is -2.19. The van der Waals surface area contributed by atoms with Crippen LogP contribution in [0.15, 0.2) is 29.0 Å². The topological polar surface area (TPSA) is 38.1 Å². The Balaban J connectivity index is 2.31. The third-order valence-corrected chi connectivity index (χ3v) is 2.92. The van der Waals surface area contributed by atoms with Gasteiger partial charge in [-0.25, -0.2) is 9.37 Å². The molecule has 2 aromatic rings. The molecule has 0 atom stereocenters. The monoisotopic (exact) mass is 282 g/mol. The summed E-state index contributed by atoms with van der Waals surface area (Å²) in [5.41, 5.74) is 0.940. The number of nitrogens with zero attached hydrogens (tertiary/aromatic N) is 1. The summed E-state index contributed by atoms with van der Waals surface area (Å²) in [7, 11) is 0. The van der Waals surface area contributed by atoms with Gasteiger partial charge in [0.05, 0.1) is 10.6 Å². The van der Waals surface area contributed by atoms with Gasteiger partial charge in [-0.1, -0.05) is 17.7 Å². The molecule has 1 aromatic heterocycles. The van der Waals surface area contributed by atoms with E-state index < -0.39 is 5.82 Å². The van der Waals surface area contributed by atoms with Gasteiger partial charge in [0.25, 0.3) is 0 Å². The van der Waals surface area contributed by atoms with E-state index >= 15 is 0 Å². The summed E-state index contributed by atoms with van der Waals surface area (Å²) in [4.78, 5) is 4.13. The third-order valence-electron chi connectivity index (χ3n) is 2.62. The number of benzene rings is 1. The molecule has 0 unspecified atom stereocenters. The molecule has 5 heteroatoms. The molecule has 0 saturated heterocycles. The van der Waals surface area contributed by atoms with Gasteiger partial charge < -0.3 is 9.73 Å². The van der Waals surface area contributed by atoms with Crippen molar-refractivity contribution in [3.63, 3.8) is 0 Å². The van der Waals surface area contributed by atoms with E-state index in [0.29, 0.717) is 23.6 Å². The number of halogens is 2. The van der Waals surface area contributed by atoms with Crippen molar-refractivity contribution in [3.05, 3.63) is 41.1 Å². The molecule has 2 rings (SSSR count). The maximum atomic E-state index is 14.0. The summed E-state index contributed by atoms with van der Waals surface area (Å²) in [6.45, 7) is 6.65. The van der Waals surface area contributed by atoms with Gasteiger partial charge in [0.1, 0.15) is 5.69 Å². The second kappa shape index (κ2) is 5.31. The van der Waals surface area contributed by atoms with Crippen LogP contribution in [-0.4, -0.2) is 10.5 Å². The molecule has 0 fully saturated rings. The second-order valence-corrected chi connectivity index (χ2v) is 5.74. The van der Waals surface area contributed by atoms with E-state index in [9.17, 15) is 4.39 Å². The van der Waals surface area contributed by atoms with Crippen LogP contribution in [0.2, 0.25) is 5.02 Å². The van der Waals surface area contributed by atoms with Gasteiger partial charge in [-0.05, 0) is 32.9 Å².